The van der Waals surface area contributed by atoms with Gasteiger partial charge in [0.1, 0.15) is 5.82 Å². The summed E-state index contributed by atoms with van der Waals surface area (Å²) in [6, 6.07) is 1.65. The van der Waals surface area contributed by atoms with Crippen LogP contribution in [-0.2, 0) is 0 Å². The Morgan fingerprint density at radius 3 is 3.17 bits per heavy atom. The molecule has 4 heteroatoms. The fourth-order valence-corrected chi connectivity index (χ4v) is 1.08. The van der Waals surface area contributed by atoms with Crippen molar-refractivity contribution in [3.8, 4) is 5.88 Å². The van der Waals surface area contributed by atoms with E-state index in [1.165, 1.54) is 19.5 Å². The van der Waals surface area contributed by atoms with Crippen LogP contribution in [0.25, 0.3) is 10.9 Å². The third-order valence-electron chi connectivity index (χ3n) is 1.70. The molecule has 0 spiro atoms. The zero-order valence-electron chi connectivity index (χ0n) is 6.47. The minimum atomic E-state index is -0.292. The van der Waals surface area contributed by atoms with E-state index < -0.39 is 0 Å². The highest BCUT2D eigenvalue weighted by atomic mass is 19.1. The number of nitrogens with one attached hydrogen (secondary N) is 1. The van der Waals surface area contributed by atoms with Crippen LogP contribution in [0.2, 0.25) is 0 Å². The number of hydrogen-bond donors (Lipinski definition) is 1. The molecule has 12 heavy (non-hydrogen) atoms. The predicted octanol–water partition coefficient (Wildman–Crippen LogP) is 1.71. The maximum Gasteiger partial charge on any atom is 0.215 e. The lowest BCUT2D eigenvalue weighted by atomic mass is 10.3. The molecule has 0 saturated carbocycles. The molecule has 0 aliphatic heterocycles. The molecule has 0 unspecified atom stereocenters. The molecule has 0 aliphatic rings. The van der Waals surface area contributed by atoms with Crippen molar-refractivity contribution in [1.29, 1.82) is 0 Å². The van der Waals surface area contributed by atoms with E-state index in [1.807, 2.05) is 0 Å². The van der Waals surface area contributed by atoms with Crippen molar-refractivity contribution in [3.05, 3.63) is 24.3 Å². The zero-order chi connectivity index (χ0) is 8.55. The molecule has 0 atom stereocenters. The molecule has 0 amide bonds. The van der Waals surface area contributed by atoms with E-state index in [0.717, 1.165) is 0 Å². The van der Waals surface area contributed by atoms with Crippen LogP contribution in [0.1, 0.15) is 0 Å². The number of methoxy groups -OCH3 is 1. The van der Waals surface area contributed by atoms with Crippen LogP contribution < -0.4 is 4.74 Å². The van der Waals surface area contributed by atoms with Gasteiger partial charge in [-0.1, -0.05) is 0 Å². The van der Waals surface area contributed by atoms with Crippen molar-refractivity contribution < 1.29 is 9.13 Å². The Hall–Kier alpha value is -1.58. The second kappa shape index (κ2) is 2.48. The van der Waals surface area contributed by atoms with Gasteiger partial charge < -0.3 is 9.72 Å². The second-order valence-electron chi connectivity index (χ2n) is 2.41. The summed E-state index contributed by atoms with van der Waals surface area (Å²) >= 11 is 0. The maximum atomic E-state index is 12.9. The second-order valence-corrected chi connectivity index (χ2v) is 2.41. The van der Waals surface area contributed by atoms with Gasteiger partial charge in [0.2, 0.25) is 5.88 Å². The Labute approximate surface area is 68.2 Å². The molecule has 0 bridgehead atoms. The Bertz CT molecular complexity index is 410. The van der Waals surface area contributed by atoms with Crippen LogP contribution in [0.5, 0.6) is 5.88 Å². The number of rotatable bonds is 1. The van der Waals surface area contributed by atoms with E-state index in [2.05, 4.69) is 9.97 Å². The Morgan fingerprint density at radius 2 is 2.42 bits per heavy atom. The quantitative estimate of drug-likeness (QED) is 0.700. The summed E-state index contributed by atoms with van der Waals surface area (Å²) in [6.07, 6.45) is 2.74. The molecule has 2 aromatic heterocycles. The molecule has 0 saturated heterocycles. The van der Waals surface area contributed by atoms with Gasteiger partial charge in [0.15, 0.2) is 0 Å². The summed E-state index contributed by atoms with van der Waals surface area (Å²) in [5, 5.41) is 0.482. The highest BCUT2D eigenvalue weighted by Crippen LogP contribution is 2.18. The van der Waals surface area contributed by atoms with Gasteiger partial charge in [0.25, 0.3) is 0 Å². The third-order valence-corrected chi connectivity index (χ3v) is 1.70. The van der Waals surface area contributed by atoms with E-state index in [0.29, 0.717) is 16.8 Å². The van der Waals surface area contributed by atoms with Crippen molar-refractivity contribution in [2.24, 2.45) is 0 Å². The smallest absolute Gasteiger partial charge is 0.215 e. The average Bonchev–Trinajstić information content (AvgIpc) is 2.47. The van der Waals surface area contributed by atoms with Crippen molar-refractivity contribution in [2.75, 3.05) is 7.11 Å². The Balaban J connectivity index is 2.69. The standard InChI is InChI=1S/C8H7FN2O/c1-12-8-2-7-5(3-11-8)6(9)4-10-7/h2-4,10H,1H3. The fraction of sp³-hybridized carbons (Fsp3) is 0.125. The molecule has 1 N–H and O–H groups in total. The SMILES string of the molecule is COc1cc2[nH]cc(F)c2cn1. The van der Waals surface area contributed by atoms with Gasteiger partial charge in [-0.25, -0.2) is 9.37 Å². The lowest BCUT2D eigenvalue weighted by Gasteiger charge is -1.96. The van der Waals surface area contributed by atoms with Crippen molar-refractivity contribution in [3.63, 3.8) is 0 Å². The Kier molecular flexibility index (Phi) is 1.46. The van der Waals surface area contributed by atoms with E-state index in [4.69, 9.17) is 4.74 Å². The van der Waals surface area contributed by atoms with Crippen molar-refractivity contribution in [1.82, 2.24) is 9.97 Å². The molecule has 0 aliphatic carbocycles. The fourth-order valence-electron chi connectivity index (χ4n) is 1.08. The number of ether oxygens (including phenoxy) is 1. The van der Waals surface area contributed by atoms with E-state index in [1.54, 1.807) is 6.07 Å². The molecule has 0 aromatic carbocycles. The first-order valence-corrected chi connectivity index (χ1v) is 3.48. The molecular formula is C8H7FN2O. The number of aromatic nitrogens is 2. The summed E-state index contributed by atoms with van der Waals surface area (Å²) < 4.78 is 17.7. The zero-order valence-corrected chi connectivity index (χ0v) is 6.47. The first-order valence-electron chi connectivity index (χ1n) is 3.48. The number of pyridine rings is 1. The van der Waals surface area contributed by atoms with Crippen LogP contribution in [0.15, 0.2) is 18.5 Å². The number of nitrogens with zero attached hydrogens (tertiary/aromatic N) is 1. The van der Waals surface area contributed by atoms with Crippen molar-refractivity contribution >= 4 is 10.9 Å². The molecule has 2 heterocycles. The van der Waals surface area contributed by atoms with Crippen LogP contribution in [0.3, 0.4) is 0 Å². The average molecular weight is 166 g/mol. The third kappa shape index (κ3) is 0.922. The van der Waals surface area contributed by atoms with Crippen LogP contribution in [0, 0.1) is 5.82 Å². The van der Waals surface area contributed by atoms with Gasteiger partial charge in [0, 0.05) is 18.5 Å². The van der Waals surface area contributed by atoms with Gasteiger partial charge >= 0.3 is 0 Å². The molecule has 0 fully saturated rings. The lowest BCUT2D eigenvalue weighted by Crippen LogP contribution is -1.85. The highest BCUT2D eigenvalue weighted by Gasteiger charge is 2.03. The van der Waals surface area contributed by atoms with Gasteiger partial charge in [-0.05, 0) is 0 Å². The Morgan fingerprint density at radius 1 is 1.58 bits per heavy atom. The van der Waals surface area contributed by atoms with Crippen LogP contribution >= 0.6 is 0 Å². The van der Waals surface area contributed by atoms with Gasteiger partial charge in [0.05, 0.1) is 18.0 Å². The van der Waals surface area contributed by atoms with Gasteiger partial charge in [-0.2, -0.15) is 0 Å². The van der Waals surface area contributed by atoms with Crippen molar-refractivity contribution in [2.45, 2.75) is 0 Å². The first-order chi connectivity index (χ1) is 5.81. The van der Waals surface area contributed by atoms with E-state index >= 15 is 0 Å². The summed E-state index contributed by atoms with van der Waals surface area (Å²) in [5.74, 6) is 0.185. The number of aromatic amines is 1. The number of fused-ring (bicyclic) bond motifs is 1. The van der Waals surface area contributed by atoms with E-state index in [9.17, 15) is 4.39 Å². The van der Waals surface area contributed by atoms with Crippen LogP contribution in [0.4, 0.5) is 4.39 Å². The molecule has 2 aromatic rings. The predicted molar refractivity (Wildman–Crippen MR) is 42.6 cm³/mol. The summed E-state index contributed by atoms with van der Waals surface area (Å²) in [5.41, 5.74) is 0.694. The maximum absolute atomic E-state index is 12.9. The van der Waals surface area contributed by atoms with Gasteiger partial charge in [-0.15, -0.1) is 0 Å². The number of H-pyrrole nitrogens is 1. The van der Waals surface area contributed by atoms with Crippen LogP contribution in [-0.4, -0.2) is 17.1 Å². The number of halogens is 1. The summed E-state index contributed by atoms with van der Waals surface area (Å²) in [4.78, 5) is 6.64. The molecule has 3 nitrogen and oxygen atoms in total. The van der Waals surface area contributed by atoms with E-state index in [-0.39, 0.29) is 5.82 Å². The molecular weight excluding hydrogens is 159 g/mol. The largest absolute Gasteiger partial charge is 0.481 e. The topological polar surface area (TPSA) is 37.9 Å². The number of hydrogen-bond acceptors (Lipinski definition) is 2. The normalized spacial score (nSPS) is 10.5. The lowest BCUT2D eigenvalue weighted by molar-refractivity contribution is 0.398. The molecule has 62 valence electrons. The summed E-state index contributed by atoms with van der Waals surface area (Å²) in [6.45, 7) is 0. The molecule has 0 radical (unpaired) electrons. The van der Waals surface area contributed by atoms with Gasteiger partial charge in [-0.3, -0.25) is 0 Å². The minimum absolute atomic E-state index is 0.292. The first kappa shape index (κ1) is 7.09. The highest BCUT2D eigenvalue weighted by molar-refractivity contribution is 5.79. The molecule has 2 rings (SSSR count). The minimum Gasteiger partial charge on any atom is -0.481 e. The summed E-state index contributed by atoms with van der Waals surface area (Å²) in [7, 11) is 1.52. The monoisotopic (exact) mass is 166 g/mol.